The Balaban J connectivity index is 0. The first-order valence-electron chi connectivity index (χ1n) is 5.41. The van der Waals surface area contributed by atoms with E-state index in [1.165, 1.54) is 32.2 Å². The second-order valence-electron chi connectivity index (χ2n) is 3.33. The molecular formula is C11H27N. The minimum absolute atomic E-state index is 0.903. The Morgan fingerprint density at radius 3 is 1.83 bits per heavy atom. The Labute approximate surface area is 78.9 Å². The molecule has 0 aliphatic rings. The molecule has 0 fully saturated rings. The molecule has 1 nitrogen and oxygen atoms in total. The van der Waals surface area contributed by atoms with E-state index in [2.05, 4.69) is 33.0 Å². The molecule has 0 radical (unpaired) electrons. The molecule has 0 aliphatic carbocycles. The van der Waals surface area contributed by atoms with Gasteiger partial charge in [-0.1, -0.05) is 47.0 Å². The molecule has 0 amide bonds. The molecule has 0 spiro atoms. The molecule has 0 bridgehead atoms. The quantitative estimate of drug-likeness (QED) is 0.671. The molecular weight excluding hydrogens is 146 g/mol. The van der Waals surface area contributed by atoms with Crippen LogP contribution in [0.1, 0.15) is 53.4 Å². The van der Waals surface area contributed by atoms with Crippen molar-refractivity contribution in [2.45, 2.75) is 53.4 Å². The van der Waals surface area contributed by atoms with Crippen molar-refractivity contribution < 1.29 is 0 Å². The summed E-state index contributed by atoms with van der Waals surface area (Å²) in [4.78, 5) is 0. The van der Waals surface area contributed by atoms with Crippen LogP contribution < -0.4 is 5.32 Å². The van der Waals surface area contributed by atoms with Gasteiger partial charge < -0.3 is 5.32 Å². The fraction of sp³-hybridized carbons (Fsp3) is 1.00. The zero-order valence-corrected chi connectivity index (χ0v) is 9.61. The van der Waals surface area contributed by atoms with Crippen LogP contribution in [0.4, 0.5) is 0 Å². The first kappa shape index (κ1) is 14.5. The average Bonchev–Trinajstić information content (AvgIpc) is 2.05. The average molecular weight is 173 g/mol. The zero-order valence-electron chi connectivity index (χ0n) is 9.61. The Hall–Kier alpha value is -0.0400. The molecule has 0 aromatic carbocycles. The summed E-state index contributed by atoms with van der Waals surface area (Å²) in [5.41, 5.74) is 0. The first-order chi connectivity index (χ1) is 5.76. The molecule has 0 saturated heterocycles. The maximum absolute atomic E-state index is 3.20. The smallest absolute Gasteiger partial charge is 0.00236 e. The summed E-state index contributed by atoms with van der Waals surface area (Å²) in [6, 6.07) is 0. The Kier molecular flexibility index (Phi) is 16.3. The molecule has 76 valence electrons. The third-order valence-electron chi connectivity index (χ3n) is 1.77. The van der Waals surface area contributed by atoms with Crippen molar-refractivity contribution in [3.8, 4) is 0 Å². The van der Waals surface area contributed by atoms with Gasteiger partial charge in [0.05, 0.1) is 0 Å². The molecule has 0 aliphatic heterocycles. The normalized spacial score (nSPS) is 11.8. The van der Waals surface area contributed by atoms with Gasteiger partial charge in [0.25, 0.3) is 0 Å². The van der Waals surface area contributed by atoms with Gasteiger partial charge in [-0.05, 0) is 25.9 Å². The molecule has 1 heteroatoms. The van der Waals surface area contributed by atoms with Crippen LogP contribution in [0.25, 0.3) is 0 Å². The van der Waals surface area contributed by atoms with E-state index >= 15 is 0 Å². The molecule has 12 heavy (non-hydrogen) atoms. The van der Waals surface area contributed by atoms with E-state index in [1.807, 2.05) is 7.05 Å². The van der Waals surface area contributed by atoms with Gasteiger partial charge >= 0.3 is 0 Å². The lowest BCUT2D eigenvalue weighted by Crippen LogP contribution is -2.17. The van der Waals surface area contributed by atoms with Gasteiger partial charge in [0.1, 0.15) is 0 Å². The fourth-order valence-electron chi connectivity index (χ4n) is 1.15. The van der Waals surface area contributed by atoms with E-state index in [0.29, 0.717) is 0 Å². The Bertz CT molecular complexity index is 56.0. The summed E-state index contributed by atoms with van der Waals surface area (Å²) >= 11 is 0. The fourth-order valence-corrected chi connectivity index (χ4v) is 1.15. The monoisotopic (exact) mass is 173 g/mol. The molecule has 1 N–H and O–H groups in total. The van der Waals surface area contributed by atoms with Gasteiger partial charge in [-0.2, -0.15) is 0 Å². The van der Waals surface area contributed by atoms with Gasteiger partial charge in [0.15, 0.2) is 0 Å². The summed E-state index contributed by atoms with van der Waals surface area (Å²) < 4.78 is 0. The molecule has 0 rings (SSSR count). The van der Waals surface area contributed by atoms with Crippen molar-refractivity contribution in [1.29, 1.82) is 0 Å². The predicted octanol–water partition coefficient (Wildman–Crippen LogP) is 3.45. The number of hydrogen-bond donors (Lipinski definition) is 1. The van der Waals surface area contributed by atoms with Crippen molar-refractivity contribution >= 4 is 0 Å². The standard InChI is InChI=1S/C8H19N.C3H8/c1-4-6-8(5-2)7-9-3;1-3-2/h8-9H,4-7H2,1-3H3;3H2,1-2H3. The largest absolute Gasteiger partial charge is 0.319 e. The summed E-state index contributed by atoms with van der Waals surface area (Å²) in [5.74, 6) is 0.903. The second-order valence-corrected chi connectivity index (χ2v) is 3.33. The van der Waals surface area contributed by atoms with Crippen LogP contribution in [0.5, 0.6) is 0 Å². The molecule has 0 saturated carbocycles. The SMILES string of the molecule is CCC.CCCC(CC)CNC. The van der Waals surface area contributed by atoms with Gasteiger partial charge in [0.2, 0.25) is 0 Å². The maximum Gasteiger partial charge on any atom is -0.00236 e. The predicted molar refractivity (Wildman–Crippen MR) is 58.6 cm³/mol. The lowest BCUT2D eigenvalue weighted by Gasteiger charge is -2.11. The van der Waals surface area contributed by atoms with Crippen LogP contribution >= 0.6 is 0 Å². The van der Waals surface area contributed by atoms with Crippen molar-refractivity contribution in [3.63, 3.8) is 0 Å². The molecule has 0 heterocycles. The second kappa shape index (κ2) is 13.5. The van der Waals surface area contributed by atoms with Crippen molar-refractivity contribution in [3.05, 3.63) is 0 Å². The highest BCUT2D eigenvalue weighted by Gasteiger charge is 2.01. The van der Waals surface area contributed by atoms with E-state index in [-0.39, 0.29) is 0 Å². The van der Waals surface area contributed by atoms with Crippen molar-refractivity contribution in [2.75, 3.05) is 13.6 Å². The van der Waals surface area contributed by atoms with E-state index in [0.717, 1.165) is 5.92 Å². The summed E-state index contributed by atoms with van der Waals surface area (Å²) in [5, 5.41) is 3.20. The number of rotatable bonds is 5. The first-order valence-corrected chi connectivity index (χ1v) is 5.41. The Morgan fingerprint density at radius 2 is 1.58 bits per heavy atom. The lowest BCUT2D eigenvalue weighted by molar-refractivity contribution is 0.445. The molecule has 1 unspecified atom stereocenters. The van der Waals surface area contributed by atoms with Gasteiger partial charge in [-0.15, -0.1) is 0 Å². The van der Waals surface area contributed by atoms with Crippen LogP contribution in [0.3, 0.4) is 0 Å². The topological polar surface area (TPSA) is 12.0 Å². The van der Waals surface area contributed by atoms with Crippen LogP contribution in [0, 0.1) is 5.92 Å². The van der Waals surface area contributed by atoms with Crippen molar-refractivity contribution in [2.24, 2.45) is 5.92 Å². The summed E-state index contributed by atoms with van der Waals surface area (Å²) in [6.45, 7) is 9.94. The third-order valence-corrected chi connectivity index (χ3v) is 1.77. The van der Waals surface area contributed by atoms with Gasteiger partial charge in [-0.25, -0.2) is 0 Å². The summed E-state index contributed by atoms with van der Waals surface area (Å²) in [7, 11) is 2.03. The van der Waals surface area contributed by atoms with Crippen LogP contribution in [0.2, 0.25) is 0 Å². The summed E-state index contributed by atoms with van der Waals surface area (Å²) in [6.07, 6.45) is 5.26. The maximum atomic E-state index is 3.20. The van der Waals surface area contributed by atoms with Gasteiger partial charge in [0, 0.05) is 0 Å². The van der Waals surface area contributed by atoms with Gasteiger partial charge in [-0.3, -0.25) is 0 Å². The highest BCUT2D eigenvalue weighted by molar-refractivity contribution is 4.57. The highest BCUT2D eigenvalue weighted by Crippen LogP contribution is 2.08. The van der Waals surface area contributed by atoms with Crippen LogP contribution in [-0.4, -0.2) is 13.6 Å². The highest BCUT2D eigenvalue weighted by atomic mass is 14.8. The van der Waals surface area contributed by atoms with E-state index in [9.17, 15) is 0 Å². The number of hydrogen-bond acceptors (Lipinski definition) is 1. The molecule has 0 aromatic rings. The van der Waals surface area contributed by atoms with E-state index in [4.69, 9.17) is 0 Å². The lowest BCUT2D eigenvalue weighted by atomic mass is 10.0. The third kappa shape index (κ3) is 12.6. The van der Waals surface area contributed by atoms with Crippen LogP contribution in [0.15, 0.2) is 0 Å². The Morgan fingerprint density at radius 1 is 1.08 bits per heavy atom. The molecule has 1 atom stereocenters. The van der Waals surface area contributed by atoms with E-state index < -0.39 is 0 Å². The zero-order chi connectivity index (χ0) is 9.82. The van der Waals surface area contributed by atoms with Crippen molar-refractivity contribution in [1.82, 2.24) is 5.32 Å². The minimum atomic E-state index is 0.903. The molecule has 0 aromatic heterocycles. The van der Waals surface area contributed by atoms with Crippen LogP contribution in [-0.2, 0) is 0 Å². The minimum Gasteiger partial charge on any atom is -0.319 e. The van der Waals surface area contributed by atoms with E-state index in [1.54, 1.807) is 0 Å². The number of nitrogens with one attached hydrogen (secondary N) is 1.